The van der Waals surface area contributed by atoms with E-state index in [9.17, 15) is 4.79 Å². The third-order valence-corrected chi connectivity index (χ3v) is 4.48. The normalized spacial score (nSPS) is 12.8. The number of carbonyl (C=O) groups is 1. The van der Waals surface area contributed by atoms with Gasteiger partial charge in [0, 0.05) is 23.6 Å². The predicted molar refractivity (Wildman–Crippen MR) is 94.2 cm³/mol. The van der Waals surface area contributed by atoms with Gasteiger partial charge in [0.15, 0.2) is 0 Å². The minimum absolute atomic E-state index is 0.0708. The monoisotopic (exact) mass is 317 g/mol. The molecule has 4 nitrogen and oxygen atoms in total. The summed E-state index contributed by atoms with van der Waals surface area (Å²) in [5.41, 5.74) is 5.44. The second-order valence-corrected chi connectivity index (χ2v) is 6.19. The van der Waals surface area contributed by atoms with E-state index in [0.717, 1.165) is 24.1 Å². The van der Waals surface area contributed by atoms with Crippen molar-refractivity contribution in [1.82, 2.24) is 9.78 Å². The Morgan fingerprint density at radius 2 is 1.92 bits per heavy atom. The zero-order valence-corrected chi connectivity index (χ0v) is 13.4. The number of fused-ring (bicyclic) bond motifs is 1. The summed E-state index contributed by atoms with van der Waals surface area (Å²) in [6.07, 6.45) is 7.17. The molecule has 3 aromatic rings. The molecule has 0 saturated carbocycles. The van der Waals surface area contributed by atoms with E-state index in [4.69, 9.17) is 0 Å². The Bertz CT molecular complexity index is 851. The van der Waals surface area contributed by atoms with Crippen molar-refractivity contribution in [2.45, 2.75) is 25.8 Å². The molecule has 1 aromatic heterocycles. The molecular formula is C20H19N3O. The molecule has 24 heavy (non-hydrogen) atoms. The van der Waals surface area contributed by atoms with Gasteiger partial charge in [-0.05, 0) is 66.3 Å². The van der Waals surface area contributed by atoms with Crippen molar-refractivity contribution < 1.29 is 4.79 Å². The number of aryl methyl sites for hydroxylation is 2. The van der Waals surface area contributed by atoms with E-state index in [-0.39, 0.29) is 5.91 Å². The number of hydrogen-bond donors (Lipinski definition) is 1. The minimum atomic E-state index is -0.0708. The summed E-state index contributed by atoms with van der Waals surface area (Å²) < 4.78 is 1.86. The van der Waals surface area contributed by atoms with E-state index < -0.39 is 0 Å². The first-order valence-corrected chi connectivity index (χ1v) is 8.27. The second-order valence-electron chi connectivity index (χ2n) is 6.19. The number of benzene rings is 2. The lowest BCUT2D eigenvalue weighted by Gasteiger charge is -2.08. The van der Waals surface area contributed by atoms with E-state index >= 15 is 0 Å². The summed E-state index contributed by atoms with van der Waals surface area (Å²) in [6.45, 7) is 0.708. The molecule has 1 aliphatic rings. The van der Waals surface area contributed by atoms with Crippen LogP contribution in [0.15, 0.2) is 60.9 Å². The molecular weight excluding hydrogens is 298 g/mol. The van der Waals surface area contributed by atoms with Crippen molar-refractivity contribution in [3.8, 4) is 0 Å². The van der Waals surface area contributed by atoms with Gasteiger partial charge in [0.1, 0.15) is 0 Å². The number of anilines is 1. The van der Waals surface area contributed by atoms with Gasteiger partial charge in [-0.15, -0.1) is 0 Å². The number of hydrogen-bond acceptors (Lipinski definition) is 2. The Balaban J connectivity index is 1.44. The fraction of sp³-hybridized carbons (Fsp3) is 0.200. The minimum Gasteiger partial charge on any atom is -0.322 e. The summed E-state index contributed by atoms with van der Waals surface area (Å²) in [7, 11) is 0. The average molecular weight is 317 g/mol. The first kappa shape index (κ1) is 14.7. The number of nitrogens with zero attached hydrogens (tertiary/aromatic N) is 2. The fourth-order valence-electron chi connectivity index (χ4n) is 3.20. The highest BCUT2D eigenvalue weighted by molar-refractivity contribution is 6.04. The highest BCUT2D eigenvalue weighted by Crippen LogP contribution is 2.25. The number of carbonyl (C=O) groups excluding carboxylic acids is 1. The lowest BCUT2D eigenvalue weighted by Crippen LogP contribution is -2.12. The third-order valence-electron chi connectivity index (χ3n) is 4.48. The summed E-state index contributed by atoms with van der Waals surface area (Å²) in [6, 6.07) is 15.8. The first-order valence-electron chi connectivity index (χ1n) is 8.27. The van der Waals surface area contributed by atoms with Crippen molar-refractivity contribution in [3.05, 3.63) is 83.2 Å². The molecule has 1 heterocycles. The molecule has 0 radical (unpaired) electrons. The largest absolute Gasteiger partial charge is 0.322 e. The SMILES string of the molecule is O=C(Nc1ccc2c(c1)CCC2)c1ccc(Cn2cccn2)cc1. The zero-order valence-electron chi connectivity index (χ0n) is 13.4. The van der Waals surface area contributed by atoms with E-state index in [2.05, 4.69) is 22.5 Å². The molecule has 0 saturated heterocycles. The van der Waals surface area contributed by atoms with Crippen LogP contribution in [-0.4, -0.2) is 15.7 Å². The molecule has 1 N–H and O–H groups in total. The van der Waals surface area contributed by atoms with Crippen LogP contribution in [0.3, 0.4) is 0 Å². The molecule has 0 spiro atoms. The van der Waals surface area contributed by atoms with Gasteiger partial charge in [-0.1, -0.05) is 18.2 Å². The highest BCUT2D eigenvalue weighted by Gasteiger charge is 2.12. The van der Waals surface area contributed by atoms with Crippen LogP contribution in [0.4, 0.5) is 5.69 Å². The van der Waals surface area contributed by atoms with Gasteiger partial charge in [-0.3, -0.25) is 9.48 Å². The Morgan fingerprint density at radius 3 is 2.71 bits per heavy atom. The first-order chi connectivity index (χ1) is 11.8. The van der Waals surface area contributed by atoms with Crippen LogP contribution in [0.5, 0.6) is 0 Å². The predicted octanol–water partition coefficient (Wildman–Crippen LogP) is 3.67. The molecule has 2 aromatic carbocycles. The maximum absolute atomic E-state index is 12.4. The van der Waals surface area contributed by atoms with Gasteiger partial charge in [0.25, 0.3) is 5.91 Å². The summed E-state index contributed by atoms with van der Waals surface area (Å²) in [5.74, 6) is -0.0708. The maximum Gasteiger partial charge on any atom is 0.255 e. The quantitative estimate of drug-likeness (QED) is 0.798. The van der Waals surface area contributed by atoms with Crippen LogP contribution < -0.4 is 5.32 Å². The number of aromatic nitrogens is 2. The average Bonchev–Trinajstić information content (AvgIpc) is 3.26. The Morgan fingerprint density at radius 1 is 1.08 bits per heavy atom. The van der Waals surface area contributed by atoms with Crippen molar-refractivity contribution >= 4 is 11.6 Å². The molecule has 0 bridgehead atoms. The van der Waals surface area contributed by atoms with E-state index in [1.165, 1.54) is 17.5 Å². The van der Waals surface area contributed by atoms with Gasteiger partial charge in [-0.25, -0.2) is 0 Å². The Kier molecular flexibility index (Phi) is 3.87. The van der Waals surface area contributed by atoms with Crippen molar-refractivity contribution in [3.63, 3.8) is 0 Å². The van der Waals surface area contributed by atoms with Crippen molar-refractivity contribution in [2.75, 3.05) is 5.32 Å². The maximum atomic E-state index is 12.4. The lowest BCUT2D eigenvalue weighted by atomic mass is 10.1. The summed E-state index contributed by atoms with van der Waals surface area (Å²) >= 11 is 0. The molecule has 0 aliphatic heterocycles. The third kappa shape index (κ3) is 3.08. The van der Waals surface area contributed by atoms with Gasteiger partial charge < -0.3 is 5.32 Å². The molecule has 4 heteroatoms. The highest BCUT2D eigenvalue weighted by atomic mass is 16.1. The number of rotatable bonds is 4. The Hall–Kier alpha value is -2.88. The lowest BCUT2D eigenvalue weighted by molar-refractivity contribution is 0.102. The smallest absolute Gasteiger partial charge is 0.255 e. The molecule has 0 fully saturated rings. The molecule has 4 rings (SSSR count). The fourth-order valence-corrected chi connectivity index (χ4v) is 3.20. The van der Waals surface area contributed by atoms with Crippen molar-refractivity contribution in [2.24, 2.45) is 0 Å². The van der Waals surface area contributed by atoms with Crippen LogP contribution in [-0.2, 0) is 19.4 Å². The van der Waals surface area contributed by atoms with Crippen LogP contribution in [0, 0.1) is 0 Å². The summed E-state index contributed by atoms with van der Waals surface area (Å²) in [5, 5.41) is 7.19. The van der Waals surface area contributed by atoms with Gasteiger partial charge in [0.2, 0.25) is 0 Å². The van der Waals surface area contributed by atoms with Crippen LogP contribution in [0.1, 0.15) is 33.5 Å². The molecule has 1 aliphatic carbocycles. The Labute approximate surface area is 141 Å². The summed E-state index contributed by atoms with van der Waals surface area (Å²) in [4.78, 5) is 12.4. The van der Waals surface area contributed by atoms with E-state index in [1.807, 2.05) is 47.3 Å². The molecule has 1 amide bonds. The van der Waals surface area contributed by atoms with Crippen LogP contribution in [0.2, 0.25) is 0 Å². The second kappa shape index (κ2) is 6.32. The molecule has 120 valence electrons. The number of nitrogens with one attached hydrogen (secondary N) is 1. The van der Waals surface area contributed by atoms with Gasteiger partial charge >= 0.3 is 0 Å². The van der Waals surface area contributed by atoms with Crippen molar-refractivity contribution in [1.29, 1.82) is 0 Å². The van der Waals surface area contributed by atoms with E-state index in [0.29, 0.717) is 12.1 Å². The van der Waals surface area contributed by atoms with Crippen LogP contribution in [0.25, 0.3) is 0 Å². The van der Waals surface area contributed by atoms with Gasteiger partial charge in [-0.2, -0.15) is 5.10 Å². The van der Waals surface area contributed by atoms with Crippen LogP contribution >= 0.6 is 0 Å². The standard InChI is InChI=1S/C20H19N3O/c24-20(22-19-10-9-16-3-1-4-18(16)13-19)17-7-5-15(6-8-17)14-23-12-2-11-21-23/h2,5-13H,1,3-4,14H2,(H,22,24). The number of amides is 1. The molecule has 0 unspecified atom stereocenters. The zero-order chi connectivity index (χ0) is 16.4. The molecule has 0 atom stereocenters. The topological polar surface area (TPSA) is 46.9 Å². The van der Waals surface area contributed by atoms with Gasteiger partial charge in [0.05, 0.1) is 6.54 Å². The van der Waals surface area contributed by atoms with E-state index in [1.54, 1.807) is 6.20 Å².